The number of halogens is 1. The molecule has 1 aliphatic heterocycles. The maximum atomic E-state index is 14.0. The number of nitrogens with zero attached hydrogens (tertiary/aromatic N) is 2. The molecule has 4 rings (SSSR count). The number of hydrogen-bond donors (Lipinski definition) is 1. The smallest absolute Gasteiger partial charge is 0.268 e. The molecule has 0 saturated heterocycles. The van der Waals surface area contributed by atoms with Crippen LogP contribution in [0.25, 0.3) is 0 Å². The largest absolute Gasteiger partial charge is 0.497 e. The lowest BCUT2D eigenvalue weighted by Gasteiger charge is -2.26. The zero-order chi connectivity index (χ0) is 25.3. The van der Waals surface area contributed by atoms with Gasteiger partial charge in [0.25, 0.3) is 5.91 Å². The van der Waals surface area contributed by atoms with Gasteiger partial charge >= 0.3 is 0 Å². The highest BCUT2D eigenvalue weighted by molar-refractivity contribution is 6.31. The molecule has 1 N–H and O–H groups in total. The molecule has 184 valence electrons. The van der Waals surface area contributed by atoms with Gasteiger partial charge in [-0.3, -0.25) is 4.79 Å². The van der Waals surface area contributed by atoms with Crippen LogP contribution in [0.15, 0.2) is 54.6 Å². The topological polar surface area (TPSA) is 71.5 Å². The van der Waals surface area contributed by atoms with Crippen molar-refractivity contribution in [2.75, 3.05) is 40.3 Å². The summed E-state index contributed by atoms with van der Waals surface area (Å²) in [5.74, 6) is 1.14. The molecule has 1 heterocycles. The Morgan fingerprint density at radius 2 is 1.66 bits per heavy atom. The molecule has 1 unspecified atom stereocenters. The van der Waals surface area contributed by atoms with Gasteiger partial charge in [0, 0.05) is 34.3 Å². The third-order valence-electron chi connectivity index (χ3n) is 6.17. The van der Waals surface area contributed by atoms with Crippen LogP contribution < -0.4 is 19.1 Å². The number of anilines is 1. The van der Waals surface area contributed by atoms with Gasteiger partial charge in [0.05, 0.1) is 33.6 Å². The Morgan fingerprint density at radius 3 is 2.31 bits per heavy atom. The van der Waals surface area contributed by atoms with Crippen LogP contribution in [0.3, 0.4) is 0 Å². The van der Waals surface area contributed by atoms with E-state index in [2.05, 4.69) is 0 Å². The van der Waals surface area contributed by atoms with Crippen molar-refractivity contribution in [2.45, 2.75) is 18.7 Å². The van der Waals surface area contributed by atoms with Gasteiger partial charge in [-0.2, -0.15) is 0 Å². The summed E-state index contributed by atoms with van der Waals surface area (Å²) in [6.45, 7) is 0.819. The van der Waals surface area contributed by atoms with Gasteiger partial charge in [-0.15, -0.1) is 0 Å². The van der Waals surface area contributed by atoms with Gasteiger partial charge in [0.15, 0.2) is 5.60 Å². The lowest BCUT2D eigenvalue weighted by Crippen LogP contribution is -2.41. The van der Waals surface area contributed by atoms with E-state index < -0.39 is 11.5 Å². The number of benzene rings is 3. The van der Waals surface area contributed by atoms with E-state index in [-0.39, 0.29) is 6.54 Å². The highest BCUT2D eigenvalue weighted by Crippen LogP contribution is 2.49. The van der Waals surface area contributed by atoms with Gasteiger partial charge in [-0.05, 0) is 62.1 Å². The highest BCUT2D eigenvalue weighted by atomic mass is 35.5. The number of rotatable bonds is 8. The van der Waals surface area contributed by atoms with Crippen LogP contribution in [-0.4, -0.2) is 51.3 Å². The summed E-state index contributed by atoms with van der Waals surface area (Å²) in [4.78, 5) is 17.6. The van der Waals surface area contributed by atoms with E-state index in [1.165, 1.54) is 7.11 Å². The third kappa shape index (κ3) is 4.43. The number of aliphatic hydroxyl groups is 1. The first-order valence-corrected chi connectivity index (χ1v) is 11.5. The van der Waals surface area contributed by atoms with Crippen LogP contribution in [0, 0.1) is 0 Å². The van der Waals surface area contributed by atoms with Gasteiger partial charge in [0.2, 0.25) is 0 Å². The fraction of sp³-hybridized carbons (Fsp3) is 0.296. The van der Waals surface area contributed by atoms with Crippen molar-refractivity contribution in [1.82, 2.24) is 4.90 Å². The van der Waals surface area contributed by atoms with Crippen LogP contribution >= 0.6 is 11.6 Å². The molecular weight excluding hydrogens is 468 g/mol. The van der Waals surface area contributed by atoms with Crippen LogP contribution in [0.4, 0.5) is 5.69 Å². The number of amides is 1. The second kappa shape index (κ2) is 9.77. The number of fused-ring (bicyclic) bond motifs is 1. The molecule has 0 aromatic heterocycles. The van der Waals surface area contributed by atoms with Gasteiger partial charge in [-0.1, -0.05) is 17.7 Å². The molecule has 0 saturated carbocycles. The molecule has 1 atom stereocenters. The predicted molar refractivity (Wildman–Crippen MR) is 136 cm³/mol. The average Bonchev–Trinajstić information content (AvgIpc) is 3.05. The molecule has 1 amide bonds. The minimum Gasteiger partial charge on any atom is -0.497 e. The minimum atomic E-state index is -1.98. The first-order valence-electron chi connectivity index (χ1n) is 11.1. The predicted octanol–water partition coefficient (Wildman–Crippen LogP) is 4.21. The molecule has 0 spiro atoms. The first-order chi connectivity index (χ1) is 16.7. The lowest BCUT2D eigenvalue weighted by atomic mass is 9.86. The van der Waals surface area contributed by atoms with E-state index in [0.29, 0.717) is 45.6 Å². The minimum absolute atomic E-state index is 0.183. The molecule has 0 bridgehead atoms. The van der Waals surface area contributed by atoms with E-state index in [9.17, 15) is 9.90 Å². The highest BCUT2D eigenvalue weighted by Gasteiger charge is 2.52. The normalized spacial score (nSPS) is 17.0. The van der Waals surface area contributed by atoms with Crippen molar-refractivity contribution in [3.05, 3.63) is 81.9 Å². The fourth-order valence-corrected chi connectivity index (χ4v) is 4.70. The SMILES string of the molecule is COc1ccc(CN2C(=O)C(O)(c3cc(CN(C)C)ccc3OC)c3cc(Cl)ccc32)c(OC)c1. The van der Waals surface area contributed by atoms with E-state index >= 15 is 0 Å². The molecule has 3 aromatic carbocycles. The van der Waals surface area contributed by atoms with Crippen molar-refractivity contribution in [3.8, 4) is 17.2 Å². The molecule has 0 radical (unpaired) electrons. The Labute approximate surface area is 210 Å². The Bertz CT molecular complexity index is 1260. The second-order valence-corrected chi connectivity index (χ2v) is 9.15. The lowest BCUT2D eigenvalue weighted by molar-refractivity contribution is -0.132. The van der Waals surface area contributed by atoms with Crippen molar-refractivity contribution < 1.29 is 24.1 Å². The van der Waals surface area contributed by atoms with Crippen molar-refractivity contribution in [2.24, 2.45) is 0 Å². The maximum Gasteiger partial charge on any atom is 0.268 e. The molecule has 0 aliphatic carbocycles. The van der Waals surface area contributed by atoms with Crippen LogP contribution in [0.2, 0.25) is 5.02 Å². The summed E-state index contributed by atoms with van der Waals surface area (Å²) < 4.78 is 16.4. The average molecular weight is 497 g/mol. The molecule has 3 aromatic rings. The summed E-state index contributed by atoms with van der Waals surface area (Å²) >= 11 is 6.34. The van der Waals surface area contributed by atoms with E-state index in [1.54, 1.807) is 55.5 Å². The summed E-state index contributed by atoms with van der Waals surface area (Å²) in [7, 11) is 8.58. The number of ether oxygens (including phenoxy) is 3. The first kappa shape index (κ1) is 24.9. The van der Waals surface area contributed by atoms with Crippen molar-refractivity contribution >= 4 is 23.2 Å². The van der Waals surface area contributed by atoms with Crippen molar-refractivity contribution in [3.63, 3.8) is 0 Å². The quantitative estimate of drug-likeness (QED) is 0.503. The number of carbonyl (C=O) groups excluding carboxylic acids is 1. The molecule has 8 heteroatoms. The van der Waals surface area contributed by atoms with Gasteiger partial charge in [0.1, 0.15) is 17.2 Å². The Hall–Kier alpha value is -3.26. The maximum absolute atomic E-state index is 14.0. The Balaban J connectivity index is 1.86. The zero-order valence-electron chi connectivity index (χ0n) is 20.5. The molecule has 7 nitrogen and oxygen atoms in total. The molecule has 1 aliphatic rings. The van der Waals surface area contributed by atoms with Gasteiger partial charge < -0.3 is 29.1 Å². The number of hydrogen-bond acceptors (Lipinski definition) is 6. The summed E-state index contributed by atoms with van der Waals surface area (Å²) in [5, 5.41) is 12.6. The zero-order valence-corrected chi connectivity index (χ0v) is 21.2. The molecular formula is C27H29ClN2O5. The third-order valence-corrected chi connectivity index (χ3v) is 6.40. The Morgan fingerprint density at radius 1 is 0.914 bits per heavy atom. The summed E-state index contributed by atoms with van der Waals surface area (Å²) in [5.41, 5.74) is 1.07. The summed E-state index contributed by atoms with van der Waals surface area (Å²) in [6.07, 6.45) is 0. The van der Waals surface area contributed by atoms with E-state index in [0.717, 1.165) is 11.1 Å². The van der Waals surface area contributed by atoms with Crippen LogP contribution in [0.5, 0.6) is 17.2 Å². The van der Waals surface area contributed by atoms with Gasteiger partial charge in [-0.25, -0.2) is 0 Å². The summed E-state index contributed by atoms with van der Waals surface area (Å²) in [6, 6.07) is 16.0. The van der Waals surface area contributed by atoms with E-state index in [1.807, 2.05) is 37.2 Å². The molecule has 0 fully saturated rings. The fourth-order valence-electron chi connectivity index (χ4n) is 4.52. The Kier molecular flexibility index (Phi) is 6.94. The van der Waals surface area contributed by atoms with E-state index in [4.69, 9.17) is 25.8 Å². The standard InChI is InChI=1S/C27H29ClN2O5/c1-29(2)15-17-6-11-24(34-4)22(12-17)27(32)21-13-19(28)8-10-23(21)30(26(27)31)16-18-7-9-20(33-3)14-25(18)35-5/h6-14,32H,15-16H2,1-5H3. The monoisotopic (exact) mass is 496 g/mol. The van der Waals surface area contributed by atoms with Crippen molar-refractivity contribution in [1.29, 1.82) is 0 Å². The number of carbonyl (C=O) groups is 1. The molecule has 35 heavy (non-hydrogen) atoms. The number of methoxy groups -OCH3 is 3. The second-order valence-electron chi connectivity index (χ2n) is 8.71. The van der Waals surface area contributed by atoms with Crippen LogP contribution in [0.1, 0.15) is 22.3 Å². The van der Waals surface area contributed by atoms with Crippen LogP contribution in [-0.2, 0) is 23.5 Å².